The van der Waals surface area contributed by atoms with E-state index in [1.807, 2.05) is 37.3 Å². The summed E-state index contributed by atoms with van der Waals surface area (Å²) in [5.74, 6) is 1.87. The van der Waals surface area contributed by atoms with Gasteiger partial charge in [-0.25, -0.2) is 4.98 Å². The molecule has 0 atom stereocenters. The maximum Gasteiger partial charge on any atom is 0.164 e. The fraction of sp³-hybridized carbons (Fsp3) is 0.250. The molecule has 0 fully saturated rings. The molecule has 0 amide bonds. The Kier molecular flexibility index (Phi) is 4.76. The number of nitrogens with zero attached hydrogens (tertiary/aromatic N) is 1. The van der Waals surface area contributed by atoms with Gasteiger partial charge in [-0.1, -0.05) is 12.1 Å². The first-order chi connectivity index (χ1) is 12.1. The fourth-order valence-electron chi connectivity index (χ4n) is 2.91. The van der Waals surface area contributed by atoms with Gasteiger partial charge in [0.2, 0.25) is 0 Å². The summed E-state index contributed by atoms with van der Waals surface area (Å²) in [6.07, 6.45) is 0. The summed E-state index contributed by atoms with van der Waals surface area (Å²) < 4.78 is 16.3. The molecular formula is C20H21NO4. The van der Waals surface area contributed by atoms with Gasteiger partial charge < -0.3 is 19.3 Å². The van der Waals surface area contributed by atoms with Gasteiger partial charge >= 0.3 is 0 Å². The molecule has 5 heteroatoms. The van der Waals surface area contributed by atoms with Gasteiger partial charge in [-0.05, 0) is 36.2 Å². The number of ether oxygens (including phenoxy) is 3. The Labute approximate surface area is 146 Å². The first-order valence-corrected chi connectivity index (χ1v) is 7.92. The molecule has 3 aromatic rings. The molecule has 0 saturated carbocycles. The normalized spacial score (nSPS) is 10.8. The van der Waals surface area contributed by atoms with Crippen LogP contribution in [0.25, 0.3) is 22.2 Å². The average molecular weight is 339 g/mol. The highest BCUT2D eigenvalue weighted by atomic mass is 16.5. The van der Waals surface area contributed by atoms with E-state index in [4.69, 9.17) is 19.2 Å². The molecule has 5 nitrogen and oxygen atoms in total. The number of aromatic nitrogens is 1. The number of hydrogen-bond donors (Lipinski definition) is 1. The Morgan fingerprint density at radius 2 is 1.56 bits per heavy atom. The van der Waals surface area contributed by atoms with Gasteiger partial charge in [0, 0.05) is 17.0 Å². The highest BCUT2D eigenvalue weighted by molar-refractivity contribution is 5.86. The molecule has 0 unspecified atom stereocenters. The zero-order valence-electron chi connectivity index (χ0n) is 14.8. The minimum Gasteiger partial charge on any atom is -0.496 e. The van der Waals surface area contributed by atoms with E-state index in [0.29, 0.717) is 17.2 Å². The van der Waals surface area contributed by atoms with Crippen molar-refractivity contribution in [3.8, 4) is 28.5 Å². The Morgan fingerprint density at radius 3 is 2.20 bits per heavy atom. The Hall–Kier alpha value is -2.79. The molecule has 0 aliphatic rings. The third-order valence-electron chi connectivity index (χ3n) is 4.25. The van der Waals surface area contributed by atoms with Crippen molar-refractivity contribution in [3.63, 3.8) is 0 Å². The van der Waals surface area contributed by atoms with Gasteiger partial charge in [0.1, 0.15) is 5.75 Å². The lowest BCUT2D eigenvalue weighted by Crippen LogP contribution is -1.97. The van der Waals surface area contributed by atoms with Crippen molar-refractivity contribution >= 4 is 10.9 Å². The minimum atomic E-state index is -0.0133. The Morgan fingerprint density at radius 1 is 0.880 bits per heavy atom. The molecule has 0 spiro atoms. The third kappa shape index (κ3) is 3.10. The SMILES string of the molecule is COc1cc(OC)c(-c2cc(C)c3ccc(CO)cc3n2)cc1OC. The van der Waals surface area contributed by atoms with Crippen molar-refractivity contribution in [1.29, 1.82) is 0 Å². The summed E-state index contributed by atoms with van der Waals surface area (Å²) in [5, 5.41) is 10.4. The van der Waals surface area contributed by atoms with Crippen molar-refractivity contribution in [2.45, 2.75) is 13.5 Å². The lowest BCUT2D eigenvalue weighted by molar-refractivity contribution is 0.282. The summed E-state index contributed by atoms with van der Waals surface area (Å²) in [7, 11) is 4.80. The maximum absolute atomic E-state index is 9.38. The smallest absolute Gasteiger partial charge is 0.164 e. The first-order valence-electron chi connectivity index (χ1n) is 7.92. The second-order valence-electron chi connectivity index (χ2n) is 5.74. The van der Waals surface area contributed by atoms with Crippen molar-refractivity contribution < 1.29 is 19.3 Å². The molecule has 130 valence electrons. The van der Waals surface area contributed by atoms with Crippen molar-refractivity contribution in [2.75, 3.05) is 21.3 Å². The van der Waals surface area contributed by atoms with Crippen LogP contribution in [0, 0.1) is 6.92 Å². The molecule has 1 aromatic heterocycles. The molecule has 2 aromatic carbocycles. The molecule has 0 aliphatic carbocycles. The molecule has 25 heavy (non-hydrogen) atoms. The summed E-state index contributed by atoms with van der Waals surface area (Å²) >= 11 is 0. The molecule has 0 saturated heterocycles. The minimum absolute atomic E-state index is 0.0133. The number of rotatable bonds is 5. The van der Waals surface area contributed by atoms with Crippen LogP contribution >= 0.6 is 0 Å². The largest absolute Gasteiger partial charge is 0.496 e. The number of aliphatic hydroxyl groups excluding tert-OH is 1. The maximum atomic E-state index is 9.38. The van der Waals surface area contributed by atoms with E-state index >= 15 is 0 Å². The van der Waals surface area contributed by atoms with Crippen LogP contribution in [0.3, 0.4) is 0 Å². The first kappa shape index (κ1) is 17.0. The van der Waals surface area contributed by atoms with Crippen LogP contribution in [-0.4, -0.2) is 31.4 Å². The lowest BCUT2D eigenvalue weighted by atomic mass is 10.0. The molecule has 3 rings (SSSR count). The number of aryl methyl sites for hydroxylation is 1. The van der Waals surface area contributed by atoms with Crippen LogP contribution in [0.5, 0.6) is 17.2 Å². The monoisotopic (exact) mass is 339 g/mol. The predicted molar refractivity (Wildman–Crippen MR) is 97.5 cm³/mol. The van der Waals surface area contributed by atoms with Crippen molar-refractivity contribution in [2.24, 2.45) is 0 Å². The van der Waals surface area contributed by atoms with Crippen molar-refractivity contribution in [3.05, 3.63) is 47.5 Å². The van der Waals surface area contributed by atoms with E-state index in [2.05, 4.69) is 0 Å². The van der Waals surface area contributed by atoms with E-state index in [-0.39, 0.29) is 6.61 Å². The number of benzene rings is 2. The summed E-state index contributed by atoms with van der Waals surface area (Å²) in [6.45, 7) is 2.03. The number of hydrogen-bond acceptors (Lipinski definition) is 5. The van der Waals surface area contributed by atoms with Crippen LogP contribution in [0.15, 0.2) is 36.4 Å². The highest BCUT2D eigenvalue weighted by Crippen LogP contribution is 2.40. The van der Waals surface area contributed by atoms with Crippen LogP contribution in [0.4, 0.5) is 0 Å². The van der Waals surface area contributed by atoms with E-state index in [1.165, 1.54) is 0 Å². The van der Waals surface area contributed by atoms with Crippen LogP contribution in [-0.2, 0) is 6.61 Å². The van der Waals surface area contributed by atoms with Crippen molar-refractivity contribution in [1.82, 2.24) is 4.98 Å². The van der Waals surface area contributed by atoms with E-state index < -0.39 is 0 Å². The van der Waals surface area contributed by atoms with Gasteiger partial charge in [-0.15, -0.1) is 0 Å². The van der Waals surface area contributed by atoms with Gasteiger partial charge in [0.25, 0.3) is 0 Å². The summed E-state index contributed by atoms with van der Waals surface area (Å²) in [6, 6.07) is 11.5. The average Bonchev–Trinajstić information content (AvgIpc) is 2.66. The second kappa shape index (κ2) is 6.99. The molecular weight excluding hydrogens is 318 g/mol. The van der Waals surface area contributed by atoms with Crippen LogP contribution in [0.1, 0.15) is 11.1 Å². The lowest BCUT2D eigenvalue weighted by Gasteiger charge is -2.15. The standard InChI is InChI=1S/C20H21NO4/c1-12-7-16(21-17-8-13(11-22)5-6-14(12)17)15-9-19(24-3)20(25-4)10-18(15)23-2/h5-10,22H,11H2,1-4H3. The summed E-state index contributed by atoms with van der Waals surface area (Å²) in [4.78, 5) is 4.77. The highest BCUT2D eigenvalue weighted by Gasteiger charge is 2.15. The number of methoxy groups -OCH3 is 3. The quantitative estimate of drug-likeness (QED) is 0.767. The van der Waals surface area contributed by atoms with Gasteiger partial charge in [0.05, 0.1) is 39.1 Å². The predicted octanol–water partition coefficient (Wildman–Crippen LogP) is 3.73. The molecule has 1 N–H and O–H groups in total. The molecule has 0 bridgehead atoms. The van der Waals surface area contributed by atoms with Crippen LogP contribution < -0.4 is 14.2 Å². The Bertz CT molecular complexity index is 921. The summed E-state index contributed by atoms with van der Waals surface area (Å²) in [5.41, 5.74) is 4.35. The number of fused-ring (bicyclic) bond motifs is 1. The molecule has 0 aliphatic heterocycles. The number of pyridine rings is 1. The molecule has 0 radical (unpaired) electrons. The van der Waals surface area contributed by atoms with E-state index in [9.17, 15) is 5.11 Å². The van der Waals surface area contributed by atoms with Gasteiger partial charge in [0.15, 0.2) is 11.5 Å². The zero-order chi connectivity index (χ0) is 18.0. The zero-order valence-corrected chi connectivity index (χ0v) is 14.8. The number of aliphatic hydroxyl groups is 1. The van der Waals surface area contributed by atoms with Gasteiger partial charge in [-0.3, -0.25) is 0 Å². The Balaban J connectivity index is 2.24. The molecule has 1 heterocycles. The third-order valence-corrected chi connectivity index (χ3v) is 4.25. The second-order valence-corrected chi connectivity index (χ2v) is 5.74. The van der Waals surface area contributed by atoms with Gasteiger partial charge in [-0.2, -0.15) is 0 Å². The topological polar surface area (TPSA) is 60.8 Å². The fourth-order valence-corrected chi connectivity index (χ4v) is 2.91. The van der Waals surface area contributed by atoms with E-state index in [0.717, 1.165) is 33.3 Å². The van der Waals surface area contributed by atoms with Crippen LogP contribution in [0.2, 0.25) is 0 Å². The van der Waals surface area contributed by atoms with E-state index in [1.54, 1.807) is 27.4 Å².